The van der Waals surface area contributed by atoms with Gasteiger partial charge in [0, 0.05) is 17.9 Å². The molecule has 3 atom stereocenters. The van der Waals surface area contributed by atoms with Gasteiger partial charge in [0.1, 0.15) is 11.5 Å². The lowest BCUT2D eigenvalue weighted by molar-refractivity contribution is 0.280. The van der Waals surface area contributed by atoms with Crippen LogP contribution in [0.25, 0.3) is 0 Å². The van der Waals surface area contributed by atoms with Gasteiger partial charge in [0.05, 0.1) is 0 Å². The highest BCUT2D eigenvalue weighted by molar-refractivity contribution is 5.19. The van der Waals surface area contributed by atoms with Crippen molar-refractivity contribution in [2.75, 3.05) is 6.54 Å². The van der Waals surface area contributed by atoms with Gasteiger partial charge >= 0.3 is 0 Å². The molecule has 19 heavy (non-hydrogen) atoms. The maximum Gasteiger partial charge on any atom is 0.107 e. The first-order chi connectivity index (χ1) is 9.08. The number of rotatable bonds is 5. The molecule has 2 heterocycles. The van der Waals surface area contributed by atoms with E-state index in [0.29, 0.717) is 11.5 Å². The van der Waals surface area contributed by atoms with Crippen LogP contribution in [0.1, 0.15) is 63.9 Å². The van der Waals surface area contributed by atoms with Crippen molar-refractivity contribution in [3.05, 3.63) is 23.7 Å². The molecule has 2 aliphatic rings. The highest BCUT2D eigenvalue weighted by atomic mass is 16.3. The first-order valence-electron chi connectivity index (χ1n) is 7.92. The standard InChI is InChI=1S/C17H27NO/c1-12(2)10-17(7-4-8-18-17)11-14-5-6-16(19-14)15-9-13(15)3/h5-6,12-13,15,18H,4,7-11H2,1-3H3. The molecule has 1 aliphatic carbocycles. The van der Waals surface area contributed by atoms with E-state index in [9.17, 15) is 0 Å². The molecule has 106 valence electrons. The molecule has 2 fully saturated rings. The molecule has 1 aliphatic heterocycles. The average Bonchev–Trinajstić information content (AvgIpc) is 2.78. The molecule has 1 N–H and O–H groups in total. The van der Waals surface area contributed by atoms with Crippen LogP contribution in [0.4, 0.5) is 0 Å². The number of furan rings is 1. The maximum atomic E-state index is 6.11. The zero-order valence-electron chi connectivity index (χ0n) is 12.5. The third-order valence-electron chi connectivity index (χ3n) is 4.80. The first kappa shape index (κ1) is 13.2. The Kier molecular flexibility index (Phi) is 3.46. The average molecular weight is 261 g/mol. The van der Waals surface area contributed by atoms with Crippen molar-refractivity contribution in [3.8, 4) is 0 Å². The Hall–Kier alpha value is -0.760. The fourth-order valence-corrected chi connectivity index (χ4v) is 3.79. The van der Waals surface area contributed by atoms with E-state index in [1.807, 2.05) is 0 Å². The molecule has 0 aromatic carbocycles. The summed E-state index contributed by atoms with van der Waals surface area (Å²) in [4.78, 5) is 0. The summed E-state index contributed by atoms with van der Waals surface area (Å²) in [5.74, 6) is 4.67. The van der Waals surface area contributed by atoms with Crippen molar-refractivity contribution in [1.82, 2.24) is 5.32 Å². The van der Waals surface area contributed by atoms with E-state index in [0.717, 1.165) is 18.3 Å². The molecular formula is C17H27NO. The Morgan fingerprint density at radius 3 is 2.79 bits per heavy atom. The smallest absolute Gasteiger partial charge is 0.107 e. The van der Waals surface area contributed by atoms with Crippen LogP contribution in [0.5, 0.6) is 0 Å². The van der Waals surface area contributed by atoms with Gasteiger partial charge in [-0.15, -0.1) is 0 Å². The molecule has 0 radical (unpaired) electrons. The summed E-state index contributed by atoms with van der Waals surface area (Å²) in [5.41, 5.74) is 0.290. The molecule has 2 nitrogen and oxygen atoms in total. The van der Waals surface area contributed by atoms with Crippen LogP contribution in [0.2, 0.25) is 0 Å². The third-order valence-corrected chi connectivity index (χ3v) is 4.80. The second kappa shape index (κ2) is 4.97. The number of nitrogens with one attached hydrogen (secondary N) is 1. The van der Waals surface area contributed by atoms with Gasteiger partial charge in [0.15, 0.2) is 0 Å². The van der Waals surface area contributed by atoms with Gasteiger partial charge in [-0.25, -0.2) is 0 Å². The van der Waals surface area contributed by atoms with Gasteiger partial charge in [-0.3, -0.25) is 0 Å². The fraction of sp³-hybridized carbons (Fsp3) is 0.765. The summed E-state index contributed by atoms with van der Waals surface area (Å²) >= 11 is 0. The lowest BCUT2D eigenvalue weighted by Crippen LogP contribution is -2.43. The SMILES string of the molecule is CC(C)CC1(Cc2ccc(C3CC3C)o2)CCCN1. The molecule has 0 amide bonds. The summed E-state index contributed by atoms with van der Waals surface area (Å²) in [5, 5.41) is 3.75. The molecule has 3 rings (SSSR count). The second-order valence-corrected chi connectivity index (χ2v) is 7.21. The summed E-state index contributed by atoms with van der Waals surface area (Å²) in [6.45, 7) is 8.12. The highest BCUT2D eigenvalue weighted by Crippen LogP contribution is 2.47. The molecule has 1 aromatic rings. The Bertz CT molecular complexity index is 428. The monoisotopic (exact) mass is 261 g/mol. The van der Waals surface area contributed by atoms with Crippen LogP contribution in [-0.4, -0.2) is 12.1 Å². The van der Waals surface area contributed by atoms with Gasteiger partial charge in [-0.1, -0.05) is 20.8 Å². The Labute approximate surface area is 117 Å². The normalized spacial score (nSPS) is 34.1. The van der Waals surface area contributed by atoms with Gasteiger partial charge in [-0.2, -0.15) is 0 Å². The lowest BCUT2D eigenvalue weighted by atomic mass is 9.84. The second-order valence-electron chi connectivity index (χ2n) is 7.21. The van der Waals surface area contributed by atoms with E-state index in [4.69, 9.17) is 4.42 Å². The van der Waals surface area contributed by atoms with Crippen LogP contribution < -0.4 is 5.32 Å². The zero-order valence-corrected chi connectivity index (χ0v) is 12.5. The molecule has 2 heteroatoms. The van der Waals surface area contributed by atoms with E-state index in [-0.39, 0.29) is 0 Å². The molecular weight excluding hydrogens is 234 g/mol. The maximum absolute atomic E-state index is 6.11. The van der Waals surface area contributed by atoms with E-state index >= 15 is 0 Å². The Morgan fingerprint density at radius 2 is 2.21 bits per heavy atom. The molecule has 1 saturated heterocycles. The summed E-state index contributed by atoms with van der Waals surface area (Å²) < 4.78 is 6.11. The van der Waals surface area contributed by atoms with Crippen LogP contribution in [0, 0.1) is 11.8 Å². The predicted octanol–water partition coefficient (Wildman–Crippen LogP) is 4.11. The van der Waals surface area contributed by atoms with Crippen molar-refractivity contribution in [2.45, 2.75) is 64.3 Å². The van der Waals surface area contributed by atoms with Crippen molar-refractivity contribution in [1.29, 1.82) is 0 Å². The van der Waals surface area contributed by atoms with Crippen molar-refractivity contribution < 1.29 is 4.42 Å². The minimum absolute atomic E-state index is 0.290. The van der Waals surface area contributed by atoms with E-state index < -0.39 is 0 Å². The summed E-state index contributed by atoms with van der Waals surface area (Å²) in [6, 6.07) is 4.42. The van der Waals surface area contributed by atoms with Crippen LogP contribution >= 0.6 is 0 Å². The molecule has 3 unspecified atom stereocenters. The minimum atomic E-state index is 0.290. The molecule has 0 spiro atoms. The molecule has 0 bridgehead atoms. The van der Waals surface area contributed by atoms with Crippen molar-refractivity contribution in [2.24, 2.45) is 11.8 Å². The van der Waals surface area contributed by atoms with Gasteiger partial charge in [0.25, 0.3) is 0 Å². The summed E-state index contributed by atoms with van der Waals surface area (Å²) in [6.07, 6.45) is 6.22. The number of hydrogen-bond acceptors (Lipinski definition) is 2. The predicted molar refractivity (Wildman–Crippen MR) is 78.4 cm³/mol. The quantitative estimate of drug-likeness (QED) is 0.862. The Morgan fingerprint density at radius 1 is 1.42 bits per heavy atom. The van der Waals surface area contributed by atoms with Crippen molar-refractivity contribution >= 4 is 0 Å². The van der Waals surface area contributed by atoms with Gasteiger partial charge in [0.2, 0.25) is 0 Å². The van der Waals surface area contributed by atoms with Crippen molar-refractivity contribution in [3.63, 3.8) is 0 Å². The van der Waals surface area contributed by atoms with Crippen LogP contribution in [-0.2, 0) is 6.42 Å². The Balaban J connectivity index is 1.69. The van der Waals surface area contributed by atoms with Gasteiger partial charge in [-0.05, 0) is 56.2 Å². The minimum Gasteiger partial charge on any atom is -0.466 e. The van der Waals surface area contributed by atoms with E-state index in [2.05, 4.69) is 38.2 Å². The molecule has 1 saturated carbocycles. The third kappa shape index (κ3) is 2.89. The van der Waals surface area contributed by atoms with E-state index in [1.54, 1.807) is 0 Å². The summed E-state index contributed by atoms with van der Waals surface area (Å²) in [7, 11) is 0. The largest absolute Gasteiger partial charge is 0.466 e. The topological polar surface area (TPSA) is 25.2 Å². The van der Waals surface area contributed by atoms with Crippen LogP contribution in [0.3, 0.4) is 0 Å². The molecule has 1 aromatic heterocycles. The fourth-order valence-electron chi connectivity index (χ4n) is 3.79. The highest BCUT2D eigenvalue weighted by Gasteiger charge is 2.38. The lowest BCUT2D eigenvalue weighted by Gasteiger charge is -2.30. The van der Waals surface area contributed by atoms with Gasteiger partial charge < -0.3 is 9.73 Å². The van der Waals surface area contributed by atoms with Crippen LogP contribution in [0.15, 0.2) is 16.5 Å². The number of hydrogen-bond donors (Lipinski definition) is 1. The van der Waals surface area contributed by atoms with E-state index in [1.165, 1.54) is 43.7 Å². The zero-order chi connectivity index (χ0) is 13.5. The first-order valence-corrected chi connectivity index (χ1v) is 7.92.